The fraction of sp³-hybridized carbons (Fsp3) is 0.125. The summed E-state index contributed by atoms with van der Waals surface area (Å²) in [6.07, 6.45) is 3.31. The predicted molar refractivity (Wildman–Crippen MR) is 80.1 cm³/mol. The molecule has 0 amide bonds. The molecule has 0 radical (unpaired) electrons. The van der Waals surface area contributed by atoms with Gasteiger partial charge in [0.25, 0.3) is 5.56 Å². The van der Waals surface area contributed by atoms with E-state index in [9.17, 15) is 18.7 Å². The number of nitrogens with zero attached hydrogens (tertiary/aromatic N) is 3. The minimum atomic E-state index is -0.831. The minimum Gasteiger partial charge on any atom is -0.376 e. The van der Waals surface area contributed by atoms with Crippen molar-refractivity contribution in [3.63, 3.8) is 0 Å². The van der Waals surface area contributed by atoms with E-state index in [1.54, 1.807) is 12.4 Å². The molecule has 3 aromatic rings. The van der Waals surface area contributed by atoms with Gasteiger partial charge in [0.1, 0.15) is 18.4 Å². The number of benzene rings is 1. The van der Waals surface area contributed by atoms with Crippen LogP contribution in [0.25, 0.3) is 16.9 Å². The Hall–Kier alpha value is -2.80. The largest absolute Gasteiger partial charge is 0.376 e. The molecular formula is C16H13F2N3O2. The van der Waals surface area contributed by atoms with E-state index >= 15 is 0 Å². The Labute approximate surface area is 130 Å². The molecule has 2 heterocycles. The number of aliphatic hydroxyl groups excluding tert-OH is 1. The van der Waals surface area contributed by atoms with E-state index in [2.05, 4.69) is 5.10 Å². The standard InChI is InChI=1S/C16H13F2N3O2/c1-10-7-19-21(8-10)14-4-5-15(23)20(9-22)16(14)12-3-2-11(17)6-13(12)18/h2-8,22H,9H2,1H3. The maximum Gasteiger partial charge on any atom is 0.253 e. The lowest BCUT2D eigenvalue weighted by Crippen LogP contribution is -2.23. The molecule has 23 heavy (non-hydrogen) atoms. The molecule has 5 nitrogen and oxygen atoms in total. The molecule has 0 unspecified atom stereocenters. The van der Waals surface area contributed by atoms with Crippen molar-refractivity contribution in [2.24, 2.45) is 0 Å². The molecule has 7 heteroatoms. The first kappa shape index (κ1) is 15.1. The van der Waals surface area contributed by atoms with Crippen molar-refractivity contribution in [3.8, 4) is 16.9 Å². The zero-order chi connectivity index (χ0) is 16.6. The van der Waals surface area contributed by atoms with Crippen LogP contribution in [0.2, 0.25) is 0 Å². The molecule has 3 rings (SSSR count). The van der Waals surface area contributed by atoms with Gasteiger partial charge in [-0.15, -0.1) is 0 Å². The Kier molecular flexibility index (Phi) is 3.79. The van der Waals surface area contributed by atoms with Crippen molar-refractivity contribution in [3.05, 3.63) is 70.3 Å². The molecule has 118 valence electrons. The van der Waals surface area contributed by atoms with Crippen LogP contribution in [-0.4, -0.2) is 19.5 Å². The van der Waals surface area contributed by atoms with Crippen molar-refractivity contribution in [2.75, 3.05) is 0 Å². The summed E-state index contributed by atoms with van der Waals surface area (Å²) in [7, 11) is 0. The van der Waals surface area contributed by atoms with Crippen LogP contribution in [0.3, 0.4) is 0 Å². The first-order valence-electron chi connectivity index (χ1n) is 6.83. The highest BCUT2D eigenvalue weighted by atomic mass is 19.1. The lowest BCUT2D eigenvalue weighted by Gasteiger charge is -2.16. The van der Waals surface area contributed by atoms with Crippen molar-refractivity contribution in [1.29, 1.82) is 0 Å². The highest BCUT2D eigenvalue weighted by Crippen LogP contribution is 2.28. The third kappa shape index (κ3) is 2.66. The predicted octanol–water partition coefficient (Wildman–Crippen LogP) is 2.24. The summed E-state index contributed by atoms with van der Waals surface area (Å²) in [4.78, 5) is 12.0. The fourth-order valence-electron chi connectivity index (χ4n) is 2.40. The number of aryl methyl sites for hydroxylation is 1. The molecule has 0 saturated carbocycles. The van der Waals surface area contributed by atoms with Crippen molar-refractivity contribution in [2.45, 2.75) is 13.7 Å². The van der Waals surface area contributed by atoms with Crippen LogP contribution in [0.4, 0.5) is 8.78 Å². The molecular weight excluding hydrogens is 304 g/mol. The molecule has 2 aromatic heterocycles. The Morgan fingerprint density at radius 2 is 2.00 bits per heavy atom. The first-order valence-corrected chi connectivity index (χ1v) is 6.83. The van der Waals surface area contributed by atoms with Gasteiger partial charge in [-0.05, 0) is 30.7 Å². The van der Waals surface area contributed by atoms with Gasteiger partial charge in [0, 0.05) is 23.9 Å². The van der Waals surface area contributed by atoms with Crippen LogP contribution >= 0.6 is 0 Å². The van der Waals surface area contributed by atoms with Crippen LogP contribution in [-0.2, 0) is 6.73 Å². The van der Waals surface area contributed by atoms with Crippen LogP contribution in [0.1, 0.15) is 5.56 Å². The number of hydrogen-bond donors (Lipinski definition) is 1. The number of aliphatic hydroxyl groups is 1. The molecule has 0 bridgehead atoms. The molecule has 0 aliphatic heterocycles. The topological polar surface area (TPSA) is 60.0 Å². The lowest BCUT2D eigenvalue weighted by atomic mass is 10.1. The average Bonchev–Trinajstić information content (AvgIpc) is 2.93. The van der Waals surface area contributed by atoms with Crippen LogP contribution in [0.5, 0.6) is 0 Å². The van der Waals surface area contributed by atoms with Gasteiger partial charge in [0.15, 0.2) is 0 Å². The Morgan fingerprint density at radius 1 is 1.22 bits per heavy atom. The van der Waals surface area contributed by atoms with E-state index in [1.807, 2.05) is 6.92 Å². The molecule has 0 atom stereocenters. The van der Waals surface area contributed by atoms with Gasteiger partial charge in [0.05, 0.1) is 17.6 Å². The second-order valence-corrected chi connectivity index (χ2v) is 5.06. The summed E-state index contributed by atoms with van der Waals surface area (Å²) < 4.78 is 29.9. The molecule has 0 aliphatic carbocycles. The smallest absolute Gasteiger partial charge is 0.253 e. The second kappa shape index (κ2) is 5.77. The zero-order valence-electron chi connectivity index (χ0n) is 12.2. The SMILES string of the molecule is Cc1cnn(-c2ccc(=O)n(CO)c2-c2ccc(F)cc2F)c1. The summed E-state index contributed by atoms with van der Waals surface area (Å²) in [6, 6.07) is 5.79. The van der Waals surface area contributed by atoms with Crippen molar-refractivity contribution < 1.29 is 13.9 Å². The van der Waals surface area contributed by atoms with E-state index in [0.717, 1.165) is 22.3 Å². The second-order valence-electron chi connectivity index (χ2n) is 5.06. The van der Waals surface area contributed by atoms with Crippen molar-refractivity contribution >= 4 is 0 Å². The Bertz CT molecular complexity index is 931. The molecule has 1 aromatic carbocycles. The van der Waals surface area contributed by atoms with Crippen LogP contribution in [0, 0.1) is 18.6 Å². The van der Waals surface area contributed by atoms with Gasteiger partial charge >= 0.3 is 0 Å². The van der Waals surface area contributed by atoms with Crippen LogP contribution in [0.15, 0.2) is 47.5 Å². The highest BCUT2D eigenvalue weighted by Gasteiger charge is 2.18. The van der Waals surface area contributed by atoms with Gasteiger partial charge < -0.3 is 5.11 Å². The van der Waals surface area contributed by atoms with E-state index in [0.29, 0.717) is 5.69 Å². The normalized spacial score (nSPS) is 11.0. The lowest BCUT2D eigenvalue weighted by molar-refractivity contribution is 0.207. The van der Waals surface area contributed by atoms with Gasteiger partial charge in [-0.3, -0.25) is 9.36 Å². The molecule has 0 spiro atoms. The quantitative estimate of drug-likeness (QED) is 0.806. The van der Waals surface area contributed by atoms with Gasteiger partial charge in [0.2, 0.25) is 0 Å². The third-order valence-corrected chi connectivity index (χ3v) is 3.45. The monoisotopic (exact) mass is 317 g/mol. The van der Waals surface area contributed by atoms with Gasteiger partial charge in [-0.25, -0.2) is 13.5 Å². The van der Waals surface area contributed by atoms with Gasteiger partial charge in [-0.1, -0.05) is 0 Å². The Balaban J connectivity index is 2.36. The number of pyridine rings is 1. The van der Waals surface area contributed by atoms with E-state index in [4.69, 9.17) is 0 Å². The maximum absolute atomic E-state index is 14.2. The Morgan fingerprint density at radius 3 is 2.61 bits per heavy atom. The summed E-state index contributed by atoms with van der Waals surface area (Å²) in [6.45, 7) is 1.20. The van der Waals surface area contributed by atoms with Crippen molar-refractivity contribution in [1.82, 2.24) is 14.3 Å². The van der Waals surface area contributed by atoms with E-state index in [-0.39, 0.29) is 11.3 Å². The first-order chi connectivity index (χ1) is 11.0. The van der Waals surface area contributed by atoms with E-state index < -0.39 is 23.9 Å². The summed E-state index contributed by atoms with van der Waals surface area (Å²) in [5.74, 6) is -1.56. The average molecular weight is 317 g/mol. The summed E-state index contributed by atoms with van der Waals surface area (Å²) in [5, 5.41) is 13.7. The van der Waals surface area contributed by atoms with Crippen LogP contribution < -0.4 is 5.56 Å². The van der Waals surface area contributed by atoms with E-state index in [1.165, 1.54) is 22.9 Å². The molecule has 0 fully saturated rings. The fourth-order valence-corrected chi connectivity index (χ4v) is 2.40. The maximum atomic E-state index is 14.2. The summed E-state index contributed by atoms with van der Waals surface area (Å²) in [5.41, 5.74) is 0.898. The molecule has 1 N–H and O–H groups in total. The highest BCUT2D eigenvalue weighted by molar-refractivity contribution is 5.70. The number of rotatable bonds is 3. The zero-order valence-corrected chi connectivity index (χ0v) is 12.2. The summed E-state index contributed by atoms with van der Waals surface area (Å²) >= 11 is 0. The minimum absolute atomic E-state index is 0.00121. The number of halogens is 2. The third-order valence-electron chi connectivity index (χ3n) is 3.45. The molecule has 0 aliphatic rings. The van der Waals surface area contributed by atoms with Gasteiger partial charge in [-0.2, -0.15) is 5.10 Å². The number of hydrogen-bond acceptors (Lipinski definition) is 3. The molecule has 0 saturated heterocycles. The number of aromatic nitrogens is 3.